The van der Waals surface area contributed by atoms with Gasteiger partial charge >= 0.3 is 0 Å². The molecule has 2 nitrogen and oxygen atoms in total. The van der Waals surface area contributed by atoms with E-state index >= 15 is 0 Å². The quantitative estimate of drug-likeness (QED) is 0.456. The largest absolute Gasteiger partial charge is 0.307 e. The molecule has 3 heteroatoms. The average Bonchev–Trinajstić information content (AvgIpc) is 3.20. The van der Waals surface area contributed by atoms with Crippen LogP contribution >= 0.6 is 11.8 Å². The van der Waals surface area contributed by atoms with Crippen LogP contribution in [0, 0.1) is 0 Å². The number of thioether (sulfide) groups is 1. The summed E-state index contributed by atoms with van der Waals surface area (Å²) in [6.45, 7) is 3.93. The fraction of sp³-hybridized carbons (Fsp3) is 0.346. The van der Waals surface area contributed by atoms with Gasteiger partial charge in [0.05, 0.1) is 5.75 Å². The van der Waals surface area contributed by atoms with E-state index in [0.717, 1.165) is 0 Å². The number of rotatable bonds is 7. The van der Waals surface area contributed by atoms with Crippen LogP contribution in [0.2, 0.25) is 0 Å². The molecule has 0 aromatic heterocycles. The van der Waals surface area contributed by atoms with Crippen molar-refractivity contribution in [2.75, 3.05) is 5.75 Å². The van der Waals surface area contributed by atoms with E-state index in [1.165, 1.54) is 46.1 Å². The van der Waals surface area contributed by atoms with Gasteiger partial charge in [-0.2, -0.15) is 0 Å². The van der Waals surface area contributed by atoms with Crippen molar-refractivity contribution < 1.29 is 4.79 Å². The van der Waals surface area contributed by atoms with Crippen molar-refractivity contribution in [3.05, 3.63) is 77.9 Å². The van der Waals surface area contributed by atoms with E-state index in [1.54, 1.807) is 18.7 Å². The van der Waals surface area contributed by atoms with Gasteiger partial charge in [0.2, 0.25) is 0 Å². The Morgan fingerprint density at radius 3 is 2.59 bits per heavy atom. The highest BCUT2D eigenvalue weighted by atomic mass is 32.2. The third-order valence-corrected chi connectivity index (χ3v) is 7.16. The average molecular weight is 404 g/mol. The zero-order chi connectivity index (χ0) is 20.2. The van der Waals surface area contributed by atoms with Crippen molar-refractivity contribution in [1.82, 2.24) is 5.32 Å². The topological polar surface area (TPSA) is 29.1 Å². The second-order valence-corrected chi connectivity index (χ2v) is 9.27. The van der Waals surface area contributed by atoms with Crippen molar-refractivity contribution in [1.29, 1.82) is 0 Å². The molecule has 0 unspecified atom stereocenters. The van der Waals surface area contributed by atoms with Crippen molar-refractivity contribution in [3.8, 4) is 0 Å². The molecule has 0 saturated heterocycles. The second kappa shape index (κ2) is 9.15. The number of ketones is 1. The zero-order valence-corrected chi connectivity index (χ0v) is 18.0. The molecule has 1 fully saturated rings. The molecule has 4 rings (SSSR count). The Bertz CT molecular complexity index is 976. The van der Waals surface area contributed by atoms with Gasteiger partial charge in [-0.15, -0.1) is 11.8 Å². The summed E-state index contributed by atoms with van der Waals surface area (Å²) in [5.74, 6) is 1.41. The lowest BCUT2D eigenvalue weighted by Gasteiger charge is -2.21. The van der Waals surface area contributed by atoms with Crippen LogP contribution in [0.5, 0.6) is 0 Å². The minimum Gasteiger partial charge on any atom is -0.307 e. The number of benzene rings is 3. The highest BCUT2D eigenvalue weighted by molar-refractivity contribution is 8.00. The monoisotopic (exact) mass is 403 g/mol. The number of fused-ring (bicyclic) bond motifs is 1. The summed E-state index contributed by atoms with van der Waals surface area (Å²) in [4.78, 5) is 12.3. The molecule has 0 bridgehead atoms. The Labute approximate surface area is 178 Å². The molecule has 1 N–H and O–H groups in total. The van der Waals surface area contributed by atoms with E-state index in [-0.39, 0.29) is 5.78 Å². The molecule has 0 radical (unpaired) electrons. The summed E-state index contributed by atoms with van der Waals surface area (Å²) in [5, 5.41) is 6.55. The molecule has 29 heavy (non-hydrogen) atoms. The minimum atomic E-state index is 0.226. The third kappa shape index (κ3) is 4.91. The van der Waals surface area contributed by atoms with E-state index in [4.69, 9.17) is 0 Å². The number of carbonyl (C=O) groups excluding carboxylic acids is 1. The first-order valence-corrected chi connectivity index (χ1v) is 11.5. The predicted octanol–water partition coefficient (Wildman–Crippen LogP) is 6.51. The van der Waals surface area contributed by atoms with Gasteiger partial charge in [0.15, 0.2) is 0 Å². The smallest absolute Gasteiger partial charge is 0.140 e. The van der Waals surface area contributed by atoms with Crippen LogP contribution in [-0.4, -0.2) is 17.6 Å². The maximum atomic E-state index is 11.2. The van der Waals surface area contributed by atoms with Crippen molar-refractivity contribution in [2.24, 2.45) is 0 Å². The molecule has 1 aliphatic rings. The van der Waals surface area contributed by atoms with Gasteiger partial charge in [-0.1, -0.05) is 54.6 Å². The summed E-state index contributed by atoms with van der Waals surface area (Å²) in [7, 11) is 0. The molecule has 3 atom stereocenters. The van der Waals surface area contributed by atoms with E-state index < -0.39 is 0 Å². The van der Waals surface area contributed by atoms with Crippen LogP contribution < -0.4 is 5.32 Å². The molecular weight excluding hydrogens is 374 g/mol. The van der Waals surface area contributed by atoms with Gasteiger partial charge in [0, 0.05) is 17.0 Å². The van der Waals surface area contributed by atoms with Crippen molar-refractivity contribution in [3.63, 3.8) is 0 Å². The van der Waals surface area contributed by atoms with Gasteiger partial charge < -0.3 is 5.32 Å². The van der Waals surface area contributed by atoms with E-state index in [9.17, 15) is 4.79 Å². The first-order valence-electron chi connectivity index (χ1n) is 10.6. The minimum absolute atomic E-state index is 0.226. The number of nitrogens with one attached hydrogen (secondary N) is 1. The number of hydrogen-bond donors (Lipinski definition) is 1. The fourth-order valence-corrected chi connectivity index (χ4v) is 5.23. The SMILES string of the molecule is CC(=O)CSc1ccc([C@@H]2CC[C@H](N[C@H](C)c3cccc4ccccc34)C2)cc1. The van der Waals surface area contributed by atoms with E-state index in [2.05, 4.69) is 79.0 Å². The Balaban J connectivity index is 1.38. The maximum absolute atomic E-state index is 11.2. The third-order valence-electron chi connectivity index (χ3n) is 6.00. The fourth-order valence-electron chi connectivity index (χ4n) is 4.53. The van der Waals surface area contributed by atoms with Crippen LogP contribution in [0.1, 0.15) is 56.2 Å². The predicted molar refractivity (Wildman–Crippen MR) is 124 cm³/mol. The van der Waals surface area contributed by atoms with Gasteiger partial charge in [-0.3, -0.25) is 4.79 Å². The number of hydrogen-bond acceptors (Lipinski definition) is 3. The molecule has 1 aliphatic carbocycles. The van der Waals surface area contributed by atoms with Crippen molar-refractivity contribution >= 4 is 28.3 Å². The number of Topliss-reactive ketones (excluding diaryl/α,β-unsaturated/α-hetero) is 1. The van der Waals surface area contributed by atoms with Gasteiger partial charge in [-0.05, 0) is 73.1 Å². The first-order chi connectivity index (χ1) is 14.1. The van der Waals surface area contributed by atoms with Gasteiger partial charge in [0.1, 0.15) is 5.78 Å². The highest BCUT2D eigenvalue weighted by Crippen LogP contribution is 2.36. The van der Waals surface area contributed by atoms with E-state index in [0.29, 0.717) is 23.8 Å². The Kier molecular flexibility index (Phi) is 6.37. The molecule has 150 valence electrons. The van der Waals surface area contributed by atoms with E-state index in [1.807, 2.05) is 0 Å². The number of carbonyl (C=O) groups is 1. The summed E-state index contributed by atoms with van der Waals surface area (Å²) in [6.07, 6.45) is 3.65. The van der Waals surface area contributed by atoms with Crippen LogP contribution in [-0.2, 0) is 4.79 Å². The van der Waals surface area contributed by atoms with Crippen molar-refractivity contribution in [2.45, 2.75) is 56.0 Å². The highest BCUT2D eigenvalue weighted by Gasteiger charge is 2.27. The Morgan fingerprint density at radius 2 is 1.79 bits per heavy atom. The molecule has 0 aliphatic heterocycles. The van der Waals surface area contributed by atoms with Crippen LogP contribution in [0.3, 0.4) is 0 Å². The molecule has 3 aromatic carbocycles. The summed E-state index contributed by atoms with van der Waals surface area (Å²) >= 11 is 1.63. The summed E-state index contributed by atoms with van der Waals surface area (Å²) in [5.41, 5.74) is 2.82. The first kappa shape index (κ1) is 20.2. The molecular formula is C26H29NOS. The van der Waals surface area contributed by atoms with Gasteiger partial charge in [-0.25, -0.2) is 0 Å². The molecule has 0 heterocycles. The molecule has 1 saturated carbocycles. The Hall–Kier alpha value is -2.10. The molecule has 0 amide bonds. The lowest BCUT2D eigenvalue weighted by molar-refractivity contribution is -0.114. The zero-order valence-electron chi connectivity index (χ0n) is 17.2. The normalized spacial score (nSPS) is 20.1. The lowest BCUT2D eigenvalue weighted by atomic mass is 9.97. The molecule has 0 spiro atoms. The van der Waals surface area contributed by atoms with Gasteiger partial charge in [0.25, 0.3) is 0 Å². The summed E-state index contributed by atoms with van der Waals surface area (Å²) < 4.78 is 0. The van der Waals surface area contributed by atoms with Crippen LogP contribution in [0.15, 0.2) is 71.6 Å². The Morgan fingerprint density at radius 1 is 1.03 bits per heavy atom. The van der Waals surface area contributed by atoms with Crippen LogP contribution in [0.4, 0.5) is 0 Å². The molecule has 3 aromatic rings. The maximum Gasteiger partial charge on any atom is 0.140 e. The lowest BCUT2D eigenvalue weighted by Crippen LogP contribution is -2.29. The van der Waals surface area contributed by atoms with Crippen LogP contribution in [0.25, 0.3) is 10.8 Å². The second-order valence-electron chi connectivity index (χ2n) is 8.22. The standard InChI is InChI=1S/C26H29NOS/c1-18(28)17-29-24-14-11-20(12-15-24)22-10-13-23(16-22)27-19(2)25-9-5-7-21-6-3-4-8-26(21)25/h3-9,11-12,14-15,19,22-23,27H,10,13,16-17H2,1-2H3/t19-,22-,23+/m1/s1. The summed E-state index contributed by atoms with van der Waals surface area (Å²) in [6, 6.07) is 25.0.